The monoisotopic (exact) mass is 419 g/mol. The first-order valence-electron chi connectivity index (χ1n) is 10.7. The van der Waals surface area contributed by atoms with Gasteiger partial charge in [-0.1, -0.05) is 6.07 Å². The minimum absolute atomic E-state index is 0.0569. The fraction of sp³-hybridized carbons (Fsp3) is 0.409. The Balaban J connectivity index is 1.22. The van der Waals surface area contributed by atoms with E-state index in [9.17, 15) is 4.79 Å². The van der Waals surface area contributed by atoms with Crippen molar-refractivity contribution >= 4 is 11.9 Å². The Bertz CT molecular complexity index is 1030. The van der Waals surface area contributed by atoms with E-state index < -0.39 is 0 Å². The number of rotatable bonds is 5. The molecule has 1 amide bonds. The van der Waals surface area contributed by atoms with Gasteiger partial charge in [-0.05, 0) is 43.5 Å². The Hall–Kier alpha value is -3.33. The Morgan fingerprint density at radius 2 is 1.94 bits per heavy atom. The predicted octanol–water partition coefficient (Wildman–Crippen LogP) is 1.96. The smallest absolute Gasteiger partial charge is 0.251 e. The van der Waals surface area contributed by atoms with E-state index in [4.69, 9.17) is 9.72 Å². The average molecular weight is 419 g/mol. The van der Waals surface area contributed by atoms with Gasteiger partial charge < -0.3 is 15.0 Å². The number of ether oxygens (including phenoxy) is 1. The largest absolute Gasteiger partial charge is 0.381 e. The third kappa shape index (κ3) is 4.41. The van der Waals surface area contributed by atoms with Gasteiger partial charge in [-0.2, -0.15) is 0 Å². The minimum atomic E-state index is -0.0846. The number of carbonyl (C=O) groups is 1. The van der Waals surface area contributed by atoms with Crippen LogP contribution in [0.2, 0.25) is 0 Å². The summed E-state index contributed by atoms with van der Waals surface area (Å²) in [6.07, 6.45) is 7.94. The van der Waals surface area contributed by atoms with E-state index in [2.05, 4.69) is 25.4 Å². The fourth-order valence-corrected chi connectivity index (χ4v) is 4.21. The van der Waals surface area contributed by atoms with Crippen molar-refractivity contribution in [3.63, 3.8) is 0 Å². The van der Waals surface area contributed by atoms with Gasteiger partial charge in [0.1, 0.15) is 12.7 Å². The van der Waals surface area contributed by atoms with Crippen LogP contribution in [0.4, 0.5) is 5.95 Å². The first-order chi connectivity index (χ1) is 15.3. The molecule has 2 saturated heterocycles. The number of hydrogen-bond acceptors (Lipinski definition) is 7. The Morgan fingerprint density at radius 3 is 2.77 bits per heavy atom. The summed E-state index contributed by atoms with van der Waals surface area (Å²) in [7, 11) is 0. The van der Waals surface area contributed by atoms with E-state index in [-0.39, 0.29) is 11.9 Å². The molecule has 0 saturated carbocycles. The molecule has 0 aliphatic carbocycles. The predicted molar refractivity (Wildman–Crippen MR) is 114 cm³/mol. The van der Waals surface area contributed by atoms with E-state index in [1.54, 1.807) is 17.2 Å². The average Bonchev–Trinajstić information content (AvgIpc) is 3.53. The third-order valence-corrected chi connectivity index (χ3v) is 5.94. The van der Waals surface area contributed by atoms with Crippen molar-refractivity contribution < 1.29 is 9.53 Å². The Labute approximate surface area is 180 Å². The van der Waals surface area contributed by atoms with Crippen molar-refractivity contribution in [3.05, 3.63) is 60.4 Å². The molecule has 1 aromatic carbocycles. The van der Waals surface area contributed by atoms with Crippen molar-refractivity contribution in [2.45, 2.75) is 31.2 Å². The molecular formula is C22H25N7O2. The summed E-state index contributed by atoms with van der Waals surface area (Å²) in [6.45, 7) is 3.11. The van der Waals surface area contributed by atoms with Gasteiger partial charge >= 0.3 is 0 Å². The first-order valence-corrected chi connectivity index (χ1v) is 10.7. The summed E-state index contributed by atoms with van der Waals surface area (Å²) in [5.41, 5.74) is 2.55. The highest BCUT2D eigenvalue weighted by atomic mass is 16.5. The summed E-state index contributed by atoms with van der Waals surface area (Å²) < 4.78 is 7.24. The highest BCUT2D eigenvalue weighted by Gasteiger charge is 2.27. The molecule has 0 spiro atoms. The Morgan fingerprint density at radius 1 is 1.10 bits per heavy atom. The molecule has 2 aromatic heterocycles. The lowest BCUT2D eigenvalue weighted by Gasteiger charge is -2.23. The van der Waals surface area contributed by atoms with E-state index in [0.717, 1.165) is 56.4 Å². The van der Waals surface area contributed by atoms with Gasteiger partial charge in [-0.15, -0.1) is 10.2 Å². The topological polar surface area (TPSA) is 98.1 Å². The summed E-state index contributed by atoms with van der Waals surface area (Å²) in [4.78, 5) is 24.3. The van der Waals surface area contributed by atoms with Gasteiger partial charge in [0.15, 0.2) is 0 Å². The molecule has 0 radical (unpaired) electrons. The van der Waals surface area contributed by atoms with Crippen LogP contribution in [0.1, 0.15) is 41.2 Å². The van der Waals surface area contributed by atoms with Crippen LogP contribution < -0.4 is 10.2 Å². The van der Waals surface area contributed by atoms with Crippen molar-refractivity contribution in [2.75, 3.05) is 31.2 Å². The molecule has 31 heavy (non-hydrogen) atoms. The van der Waals surface area contributed by atoms with Crippen LogP contribution in [0.25, 0.3) is 5.69 Å². The maximum Gasteiger partial charge on any atom is 0.251 e. The number of nitrogens with zero attached hydrogens (tertiary/aromatic N) is 6. The molecule has 1 atom stereocenters. The standard InChI is InChI=1S/C22H25N7O2/c30-21(17-2-1-3-19(12-17)29-14-24-25-15-29)26-18-5-9-28(13-18)22-23-8-4-20(27-22)16-6-10-31-11-7-16/h1-4,8,12,14-16,18H,5-7,9-11,13H2,(H,26,30). The van der Waals surface area contributed by atoms with Crippen LogP contribution in [-0.2, 0) is 4.74 Å². The number of aromatic nitrogens is 5. The number of anilines is 1. The molecule has 2 aliphatic heterocycles. The van der Waals surface area contributed by atoms with E-state index >= 15 is 0 Å². The van der Waals surface area contributed by atoms with E-state index in [1.807, 2.05) is 36.5 Å². The molecule has 5 rings (SSSR count). The SMILES string of the molecule is O=C(NC1CCN(c2nccc(C3CCOCC3)n2)C1)c1cccc(-n2cnnc2)c1. The molecule has 2 aliphatic rings. The molecule has 4 heterocycles. The zero-order chi connectivity index (χ0) is 21.0. The number of nitrogens with one attached hydrogen (secondary N) is 1. The van der Waals surface area contributed by atoms with Crippen LogP contribution >= 0.6 is 0 Å². The molecule has 1 unspecified atom stereocenters. The molecular weight excluding hydrogens is 394 g/mol. The van der Waals surface area contributed by atoms with Crippen molar-refractivity contribution in [3.8, 4) is 5.69 Å². The molecule has 0 bridgehead atoms. The van der Waals surface area contributed by atoms with Gasteiger partial charge in [-0.25, -0.2) is 9.97 Å². The molecule has 1 N–H and O–H groups in total. The first kappa shape index (κ1) is 19.6. The quantitative estimate of drug-likeness (QED) is 0.675. The van der Waals surface area contributed by atoms with Crippen LogP contribution in [0.15, 0.2) is 49.2 Å². The highest BCUT2D eigenvalue weighted by molar-refractivity contribution is 5.95. The van der Waals surface area contributed by atoms with Crippen molar-refractivity contribution in [2.24, 2.45) is 0 Å². The summed E-state index contributed by atoms with van der Waals surface area (Å²) in [5, 5.41) is 10.8. The van der Waals surface area contributed by atoms with Gasteiger partial charge in [0, 0.05) is 61.4 Å². The lowest BCUT2D eigenvalue weighted by Crippen LogP contribution is -2.37. The maximum atomic E-state index is 12.8. The number of hydrogen-bond donors (Lipinski definition) is 1. The zero-order valence-electron chi connectivity index (χ0n) is 17.2. The summed E-state index contributed by atoms with van der Waals surface area (Å²) >= 11 is 0. The molecule has 160 valence electrons. The van der Waals surface area contributed by atoms with Crippen LogP contribution in [-0.4, -0.2) is 63.0 Å². The van der Waals surface area contributed by atoms with Gasteiger partial charge in [-0.3, -0.25) is 9.36 Å². The second-order valence-corrected chi connectivity index (χ2v) is 7.99. The van der Waals surface area contributed by atoms with Gasteiger partial charge in [0.25, 0.3) is 5.91 Å². The summed E-state index contributed by atoms with van der Waals surface area (Å²) in [6, 6.07) is 9.50. The normalized spacial score (nSPS) is 19.5. The lowest BCUT2D eigenvalue weighted by atomic mass is 9.96. The molecule has 9 nitrogen and oxygen atoms in total. The molecule has 3 aromatic rings. The molecule has 9 heteroatoms. The van der Waals surface area contributed by atoms with E-state index in [0.29, 0.717) is 18.0 Å². The third-order valence-electron chi connectivity index (χ3n) is 5.94. The van der Waals surface area contributed by atoms with Crippen LogP contribution in [0, 0.1) is 0 Å². The highest BCUT2D eigenvalue weighted by Crippen LogP contribution is 2.27. The zero-order valence-corrected chi connectivity index (χ0v) is 17.2. The fourth-order valence-electron chi connectivity index (χ4n) is 4.21. The van der Waals surface area contributed by atoms with Gasteiger partial charge in [0.05, 0.1) is 0 Å². The number of amides is 1. The van der Waals surface area contributed by atoms with E-state index in [1.165, 1.54) is 0 Å². The van der Waals surface area contributed by atoms with Crippen molar-refractivity contribution in [1.29, 1.82) is 0 Å². The maximum absolute atomic E-state index is 12.8. The Kier molecular flexibility index (Phi) is 5.57. The number of benzene rings is 1. The summed E-state index contributed by atoms with van der Waals surface area (Å²) in [5.74, 6) is 1.10. The van der Waals surface area contributed by atoms with Gasteiger partial charge in [0.2, 0.25) is 5.95 Å². The minimum Gasteiger partial charge on any atom is -0.381 e. The molecule has 2 fully saturated rings. The second kappa shape index (κ2) is 8.81. The van der Waals surface area contributed by atoms with Crippen LogP contribution in [0.3, 0.4) is 0 Å². The second-order valence-electron chi connectivity index (χ2n) is 7.99. The number of carbonyl (C=O) groups excluding carboxylic acids is 1. The lowest BCUT2D eigenvalue weighted by molar-refractivity contribution is 0.0845. The van der Waals surface area contributed by atoms with Crippen molar-refractivity contribution in [1.82, 2.24) is 30.0 Å². The van der Waals surface area contributed by atoms with Crippen LogP contribution in [0.5, 0.6) is 0 Å².